The monoisotopic (exact) mass is 380 g/mol. The van der Waals surface area contributed by atoms with Gasteiger partial charge in [-0.25, -0.2) is 0 Å². The van der Waals surface area contributed by atoms with Crippen LogP contribution in [-0.2, 0) is 6.54 Å². The Balaban J connectivity index is 1.35. The lowest BCUT2D eigenvalue weighted by molar-refractivity contribution is 0.0885. The summed E-state index contributed by atoms with van der Waals surface area (Å²) >= 11 is 0. The van der Waals surface area contributed by atoms with Crippen LogP contribution >= 0.6 is 0 Å². The number of carbonyl (C=O) groups is 1. The van der Waals surface area contributed by atoms with Crippen LogP contribution in [-0.4, -0.2) is 33.8 Å². The summed E-state index contributed by atoms with van der Waals surface area (Å²) in [5.74, 6) is 0.0374. The fourth-order valence-corrected chi connectivity index (χ4v) is 4.51. The Morgan fingerprint density at radius 1 is 1.07 bits per heavy atom. The number of aryl methyl sites for hydroxylation is 2. The van der Waals surface area contributed by atoms with Crippen molar-refractivity contribution in [1.29, 1.82) is 0 Å². The summed E-state index contributed by atoms with van der Waals surface area (Å²) < 4.78 is 1.99. The molecule has 1 heterocycles. The maximum Gasteiger partial charge on any atom is 0.251 e. The molecule has 150 valence electrons. The first-order valence-corrected chi connectivity index (χ1v) is 10.8. The number of hydrogen-bond acceptors (Lipinski definition) is 3. The van der Waals surface area contributed by atoms with Gasteiger partial charge in [0.15, 0.2) is 0 Å². The van der Waals surface area contributed by atoms with Gasteiger partial charge in [-0.05, 0) is 63.3 Å². The second-order valence-electron chi connectivity index (χ2n) is 8.55. The molecule has 0 spiro atoms. The van der Waals surface area contributed by atoms with Gasteiger partial charge in [-0.15, -0.1) is 0 Å². The lowest BCUT2D eigenvalue weighted by Crippen LogP contribution is -2.59. The minimum Gasteiger partial charge on any atom is -0.348 e. The van der Waals surface area contributed by atoms with Crippen LogP contribution < -0.4 is 10.6 Å². The fourth-order valence-electron chi connectivity index (χ4n) is 4.51. The van der Waals surface area contributed by atoms with E-state index in [1.807, 2.05) is 29.8 Å². The largest absolute Gasteiger partial charge is 0.348 e. The van der Waals surface area contributed by atoms with Gasteiger partial charge in [-0.1, -0.05) is 31.4 Å². The number of benzene rings is 1. The Kier molecular flexibility index (Phi) is 5.81. The first kappa shape index (κ1) is 19.2. The van der Waals surface area contributed by atoms with Gasteiger partial charge in [0, 0.05) is 29.4 Å². The highest BCUT2D eigenvalue weighted by Crippen LogP contribution is 2.25. The van der Waals surface area contributed by atoms with E-state index in [2.05, 4.69) is 34.8 Å². The number of amides is 1. The van der Waals surface area contributed by atoms with E-state index in [1.165, 1.54) is 38.5 Å². The van der Waals surface area contributed by atoms with Gasteiger partial charge in [0.1, 0.15) is 0 Å². The summed E-state index contributed by atoms with van der Waals surface area (Å²) in [6.45, 7) is 4.76. The van der Waals surface area contributed by atoms with Crippen LogP contribution in [0.5, 0.6) is 0 Å². The molecule has 1 aromatic heterocycles. The maximum atomic E-state index is 12.8. The Bertz CT molecular complexity index is 822. The molecule has 0 bridgehead atoms. The molecule has 0 radical (unpaired) electrons. The third-order valence-electron chi connectivity index (χ3n) is 6.27. The summed E-state index contributed by atoms with van der Waals surface area (Å²) in [7, 11) is 0. The average Bonchev–Trinajstić information content (AvgIpc) is 3.01. The minimum atomic E-state index is 0.0374. The molecule has 2 atom stereocenters. The second kappa shape index (κ2) is 8.48. The van der Waals surface area contributed by atoms with E-state index in [1.54, 1.807) is 0 Å². The van der Waals surface area contributed by atoms with E-state index in [4.69, 9.17) is 0 Å². The van der Waals surface area contributed by atoms with Crippen LogP contribution in [0.15, 0.2) is 30.3 Å². The lowest BCUT2D eigenvalue weighted by atomic mass is 9.84. The molecule has 28 heavy (non-hydrogen) atoms. The van der Waals surface area contributed by atoms with E-state index in [0.29, 0.717) is 18.6 Å². The highest BCUT2D eigenvalue weighted by atomic mass is 16.1. The van der Waals surface area contributed by atoms with Crippen molar-refractivity contribution in [3.63, 3.8) is 0 Å². The van der Waals surface area contributed by atoms with Gasteiger partial charge >= 0.3 is 0 Å². The number of aromatic nitrogens is 2. The van der Waals surface area contributed by atoms with E-state index in [9.17, 15) is 4.79 Å². The van der Waals surface area contributed by atoms with E-state index >= 15 is 0 Å². The summed E-state index contributed by atoms with van der Waals surface area (Å²) in [4.78, 5) is 12.8. The van der Waals surface area contributed by atoms with Gasteiger partial charge in [-0.2, -0.15) is 5.10 Å². The van der Waals surface area contributed by atoms with Crippen molar-refractivity contribution < 1.29 is 4.79 Å². The molecular formula is C23H32N4O. The van der Waals surface area contributed by atoms with E-state index in [0.717, 1.165) is 28.9 Å². The van der Waals surface area contributed by atoms with Crippen molar-refractivity contribution in [2.24, 2.45) is 0 Å². The summed E-state index contributed by atoms with van der Waals surface area (Å²) in [5, 5.41) is 11.6. The SMILES string of the molecule is Cc1cc(C)n(Cc2cccc(C(=O)N[C@@H]3CC[C@@H]3NC3CCCCC3)c2)n1. The third kappa shape index (κ3) is 4.46. The second-order valence-corrected chi connectivity index (χ2v) is 8.55. The van der Waals surface area contributed by atoms with Crippen molar-refractivity contribution in [1.82, 2.24) is 20.4 Å². The zero-order valence-electron chi connectivity index (χ0n) is 17.1. The molecule has 2 fully saturated rings. The normalized spacial score (nSPS) is 22.6. The summed E-state index contributed by atoms with van der Waals surface area (Å²) in [6.07, 6.45) is 8.85. The average molecular weight is 381 g/mol. The van der Waals surface area contributed by atoms with Gasteiger partial charge in [-0.3, -0.25) is 9.48 Å². The molecule has 1 amide bonds. The molecule has 1 aromatic carbocycles. The molecule has 5 nitrogen and oxygen atoms in total. The van der Waals surface area contributed by atoms with Gasteiger partial charge in [0.25, 0.3) is 5.91 Å². The Hall–Kier alpha value is -2.14. The van der Waals surface area contributed by atoms with E-state index in [-0.39, 0.29) is 11.9 Å². The van der Waals surface area contributed by atoms with Crippen molar-refractivity contribution in [2.75, 3.05) is 0 Å². The van der Waals surface area contributed by atoms with Crippen LogP contribution in [0.1, 0.15) is 72.3 Å². The molecule has 0 aliphatic heterocycles. The molecule has 2 N–H and O–H groups in total. The summed E-state index contributed by atoms with van der Waals surface area (Å²) in [6, 6.07) is 11.3. The van der Waals surface area contributed by atoms with Gasteiger partial charge in [0.05, 0.1) is 12.2 Å². The number of nitrogens with one attached hydrogen (secondary N) is 2. The molecule has 5 heteroatoms. The van der Waals surface area contributed by atoms with E-state index < -0.39 is 0 Å². The van der Waals surface area contributed by atoms with Crippen molar-refractivity contribution >= 4 is 5.91 Å². The molecule has 2 aromatic rings. The number of carbonyl (C=O) groups excluding carboxylic acids is 1. The van der Waals surface area contributed by atoms with Gasteiger partial charge < -0.3 is 10.6 Å². The molecule has 2 saturated carbocycles. The number of rotatable bonds is 6. The molecular weight excluding hydrogens is 348 g/mol. The minimum absolute atomic E-state index is 0.0374. The highest BCUT2D eigenvalue weighted by Gasteiger charge is 2.33. The van der Waals surface area contributed by atoms with Crippen LogP contribution in [0, 0.1) is 13.8 Å². The van der Waals surface area contributed by atoms with Gasteiger partial charge in [0.2, 0.25) is 0 Å². The molecule has 2 aliphatic carbocycles. The molecule has 2 aliphatic rings. The summed E-state index contributed by atoms with van der Waals surface area (Å²) in [5.41, 5.74) is 4.00. The van der Waals surface area contributed by atoms with Crippen molar-refractivity contribution in [3.8, 4) is 0 Å². The number of hydrogen-bond donors (Lipinski definition) is 2. The Labute approximate surface area is 167 Å². The predicted octanol–water partition coefficient (Wildman–Crippen LogP) is 3.73. The first-order chi connectivity index (χ1) is 13.6. The smallest absolute Gasteiger partial charge is 0.251 e. The highest BCUT2D eigenvalue weighted by molar-refractivity contribution is 5.94. The molecule has 4 rings (SSSR count). The third-order valence-corrected chi connectivity index (χ3v) is 6.27. The standard InChI is InChI=1S/C23H32N4O/c1-16-13-17(2)27(26-16)15-18-7-6-8-19(14-18)23(28)25-22-12-11-21(22)24-20-9-4-3-5-10-20/h6-8,13-14,20-22,24H,3-5,9-12,15H2,1-2H3,(H,25,28)/t21-,22+/m0/s1. The Morgan fingerprint density at radius 2 is 1.86 bits per heavy atom. The zero-order chi connectivity index (χ0) is 19.5. The van der Waals surface area contributed by atoms with Crippen molar-refractivity contribution in [3.05, 3.63) is 52.8 Å². The topological polar surface area (TPSA) is 59.0 Å². The maximum absolute atomic E-state index is 12.8. The fraction of sp³-hybridized carbons (Fsp3) is 0.565. The lowest BCUT2D eigenvalue weighted by Gasteiger charge is -2.41. The molecule has 0 unspecified atom stereocenters. The first-order valence-electron chi connectivity index (χ1n) is 10.8. The van der Waals surface area contributed by atoms with Crippen molar-refractivity contribution in [2.45, 2.75) is 83.5 Å². The van der Waals surface area contributed by atoms with Crippen LogP contribution in [0.25, 0.3) is 0 Å². The van der Waals surface area contributed by atoms with Crippen LogP contribution in [0.4, 0.5) is 0 Å². The zero-order valence-corrected chi connectivity index (χ0v) is 17.1. The number of nitrogens with zero attached hydrogens (tertiary/aromatic N) is 2. The van der Waals surface area contributed by atoms with Crippen LogP contribution in [0.3, 0.4) is 0 Å². The predicted molar refractivity (Wildman–Crippen MR) is 112 cm³/mol. The Morgan fingerprint density at radius 3 is 2.54 bits per heavy atom. The quantitative estimate of drug-likeness (QED) is 0.803. The van der Waals surface area contributed by atoms with Crippen LogP contribution in [0.2, 0.25) is 0 Å². The molecule has 0 saturated heterocycles.